The van der Waals surface area contributed by atoms with E-state index in [9.17, 15) is 4.79 Å². The first-order valence-corrected chi connectivity index (χ1v) is 9.43. The second-order valence-corrected chi connectivity index (χ2v) is 7.13. The molecular weight excluding hydrogens is 347 g/mol. The van der Waals surface area contributed by atoms with Crippen LogP contribution in [-0.2, 0) is 0 Å². The smallest absolute Gasteiger partial charge is 0.277 e. The zero-order valence-electron chi connectivity index (χ0n) is 13.9. The monoisotopic (exact) mass is 368 g/mol. The number of fused-ring (bicyclic) bond motifs is 1. The van der Waals surface area contributed by atoms with Crippen LogP contribution in [0.3, 0.4) is 0 Å². The van der Waals surface area contributed by atoms with Crippen molar-refractivity contribution in [3.8, 4) is 11.8 Å². The Labute approximate surface area is 145 Å². The van der Waals surface area contributed by atoms with Gasteiger partial charge in [-0.1, -0.05) is 0 Å². The van der Waals surface area contributed by atoms with Crippen LogP contribution < -0.4 is 15.0 Å². The van der Waals surface area contributed by atoms with Gasteiger partial charge < -0.3 is 19.3 Å². The van der Waals surface area contributed by atoms with Crippen molar-refractivity contribution in [2.45, 2.75) is 12.8 Å². The largest absolute Gasteiger partial charge is 0.481 e. The first kappa shape index (κ1) is 18.0. The molecule has 0 aromatic carbocycles. The lowest BCUT2D eigenvalue weighted by molar-refractivity contribution is 0.0891. The number of hydrogen-bond donors (Lipinski definition) is 3. The number of aromatic amines is 1. The number of ether oxygens (including phenoxy) is 2. The highest BCUT2D eigenvalue weighted by Gasteiger charge is 2.22. The standard InChI is InChI=1S/C15H21N4O5P/c1-23-12-6-11-7-16-18-14(20)13(11)15(17-12)24-9-19-4-2-10(3-5-19)8-25(21)22/h6-7,10,21-22H,2-5,8-9H2,1H3,(H,18,20). The van der Waals surface area contributed by atoms with Crippen molar-refractivity contribution >= 4 is 19.1 Å². The maximum Gasteiger partial charge on any atom is 0.277 e. The summed E-state index contributed by atoms with van der Waals surface area (Å²) in [5, 5.41) is 7.12. The number of aromatic nitrogens is 3. The Morgan fingerprint density at radius 3 is 2.84 bits per heavy atom. The summed E-state index contributed by atoms with van der Waals surface area (Å²) in [5.74, 6) is 0.907. The van der Waals surface area contributed by atoms with E-state index in [1.807, 2.05) is 0 Å². The number of rotatable bonds is 6. The first-order valence-electron chi connectivity index (χ1n) is 7.99. The maximum atomic E-state index is 12.1. The summed E-state index contributed by atoms with van der Waals surface area (Å²) >= 11 is 0. The lowest BCUT2D eigenvalue weighted by Gasteiger charge is -2.31. The highest BCUT2D eigenvalue weighted by atomic mass is 31.2. The van der Waals surface area contributed by atoms with Gasteiger partial charge in [0, 0.05) is 30.7 Å². The minimum Gasteiger partial charge on any atom is -0.481 e. The molecule has 1 saturated heterocycles. The Morgan fingerprint density at radius 2 is 2.16 bits per heavy atom. The molecule has 3 rings (SSSR count). The molecule has 1 fully saturated rings. The van der Waals surface area contributed by atoms with E-state index in [0.29, 0.717) is 35.5 Å². The van der Waals surface area contributed by atoms with Gasteiger partial charge in [0.2, 0.25) is 11.8 Å². The van der Waals surface area contributed by atoms with Gasteiger partial charge in [-0.15, -0.1) is 0 Å². The topological polar surface area (TPSA) is 121 Å². The molecule has 1 aliphatic rings. The van der Waals surface area contributed by atoms with E-state index in [1.165, 1.54) is 13.3 Å². The third-order valence-electron chi connectivity index (χ3n) is 4.31. The van der Waals surface area contributed by atoms with Gasteiger partial charge in [-0.3, -0.25) is 9.69 Å². The zero-order chi connectivity index (χ0) is 17.8. The van der Waals surface area contributed by atoms with Gasteiger partial charge in [-0.2, -0.15) is 10.1 Å². The van der Waals surface area contributed by atoms with E-state index in [0.717, 1.165) is 25.9 Å². The van der Waals surface area contributed by atoms with Crippen LogP contribution >= 0.6 is 8.38 Å². The normalized spacial score (nSPS) is 16.5. The second-order valence-electron chi connectivity index (χ2n) is 6.02. The predicted octanol–water partition coefficient (Wildman–Crippen LogP) is 0.671. The number of pyridine rings is 1. The predicted molar refractivity (Wildman–Crippen MR) is 92.7 cm³/mol. The van der Waals surface area contributed by atoms with Crippen LogP contribution in [0.15, 0.2) is 17.1 Å². The summed E-state index contributed by atoms with van der Waals surface area (Å²) in [6.07, 6.45) is 3.77. The van der Waals surface area contributed by atoms with Gasteiger partial charge in [0.1, 0.15) is 12.1 Å². The number of likely N-dealkylation sites (tertiary alicyclic amines) is 1. The molecule has 25 heavy (non-hydrogen) atoms. The fraction of sp³-hybridized carbons (Fsp3) is 0.533. The SMILES string of the molecule is COc1cc2cn[nH]c(=O)c2c(OCN2CCC(CP(O)O)CC2)n1. The summed E-state index contributed by atoms with van der Waals surface area (Å²) in [5.41, 5.74) is -0.361. The van der Waals surface area contributed by atoms with Crippen molar-refractivity contribution in [2.24, 2.45) is 5.92 Å². The highest BCUT2D eigenvalue weighted by molar-refractivity contribution is 7.45. The van der Waals surface area contributed by atoms with E-state index in [1.54, 1.807) is 6.07 Å². The summed E-state index contributed by atoms with van der Waals surface area (Å²) < 4.78 is 10.9. The molecule has 0 bridgehead atoms. The fourth-order valence-corrected chi connectivity index (χ4v) is 3.78. The van der Waals surface area contributed by atoms with Crippen molar-refractivity contribution in [1.82, 2.24) is 20.1 Å². The Balaban J connectivity index is 1.68. The van der Waals surface area contributed by atoms with Crippen LogP contribution in [-0.4, -0.2) is 63.0 Å². The molecule has 3 heterocycles. The molecule has 9 nitrogen and oxygen atoms in total. The van der Waals surface area contributed by atoms with Gasteiger partial charge in [-0.25, -0.2) is 5.10 Å². The Bertz CT molecular complexity index is 776. The third-order valence-corrected chi connectivity index (χ3v) is 5.15. The van der Waals surface area contributed by atoms with Gasteiger partial charge >= 0.3 is 0 Å². The van der Waals surface area contributed by atoms with Crippen molar-refractivity contribution in [3.63, 3.8) is 0 Å². The molecule has 0 unspecified atom stereocenters. The van der Waals surface area contributed by atoms with E-state index in [4.69, 9.17) is 19.3 Å². The minimum absolute atomic E-state index is 0.217. The Kier molecular flexibility index (Phi) is 5.80. The number of H-pyrrole nitrogens is 1. The quantitative estimate of drug-likeness (QED) is 0.637. The van der Waals surface area contributed by atoms with Crippen LogP contribution in [0.4, 0.5) is 0 Å². The van der Waals surface area contributed by atoms with Crippen molar-refractivity contribution < 1.29 is 19.3 Å². The van der Waals surface area contributed by atoms with E-state index in [-0.39, 0.29) is 11.4 Å². The molecule has 0 saturated carbocycles. The number of hydrogen-bond acceptors (Lipinski definition) is 8. The van der Waals surface area contributed by atoms with Crippen LogP contribution in [0.5, 0.6) is 11.8 Å². The first-order chi connectivity index (χ1) is 12.1. The number of methoxy groups -OCH3 is 1. The Hall–Kier alpha value is -1.80. The molecule has 0 spiro atoms. The average molecular weight is 368 g/mol. The molecule has 10 heteroatoms. The fourth-order valence-electron chi connectivity index (χ4n) is 2.95. The molecular formula is C15H21N4O5P. The molecule has 1 aliphatic heterocycles. The van der Waals surface area contributed by atoms with Crippen LogP contribution in [0.25, 0.3) is 10.8 Å². The summed E-state index contributed by atoms with van der Waals surface area (Å²) in [6.45, 7) is 1.90. The maximum absolute atomic E-state index is 12.1. The lowest BCUT2D eigenvalue weighted by Crippen LogP contribution is -2.37. The van der Waals surface area contributed by atoms with Crippen molar-refractivity contribution in [3.05, 3.63) is 22.6 Å². The average Bonchev–Trinajstić information content (AvgIpc) is 2.60. The number of piperidine rings is 1. The molecule has 0 atom stereocenters. The minimum atomic E-state index is -1.83. The van der Waals surface area contributed by atoms with Gasteiger partial charge in [0.05, 0.1) is 13.3 Å². The summed E-state index contributed by atoms with van der Waals surface area (Å²) in [6, 6.07) is 1.64. The van der Waals surface area contributed by atoms with Crippen LogP contribution in [0.1, 0.15) is 12.8 Å². The van der Waals surface area contributed by atoms with E-state index < -0.39 is 8.38 Å². The number of nitrogens with one attached hydrogen (secondary N) is 1. The van der Waals surface area contributed by atoms with E-state index in [2.05, 4.69) is 20.1 Å². The van der Waals surface area contributed by atoms with E-state index >= 15 is 0 Å². The van der Waals surface area contributed by atoms with Crippen molar-refractivity contribution in [1.29, 1.82) is 0 Å². The molecule has 2 aromatic heterocycles. The molecule has 0 amide bonds. The van der Waals surface area contributed by atoms with Gasteiger partial charge in [-0.05, 0) is 18.8 Å². The molecule has 2 aromatic rings. The van der Waals surface area contributed by atoms with Crippen molar-refractivity contribution in [2.75, 3.05) is 33.1 Å². The zero-order valence-corrected chi connectivity index (χ0v) is 14.8. The van der Waals surface area contributed by atoms with Gasteiger partial charge in [0.15, 0.2) is 8.38 Å². The molecule has 0 aliphatic carbocycles. The highest BCUT2D eigenvalue weighted by Crippen LogP contribution is 2.31. The molecule has 136 valence electrons. The Morgan fingerprint density at radius 1 is 1.40 bits per heavy atom. The second kappa shape index (κ2) is 8.05. The summed E-state index contributed by atoms with van der Waals surface area (Å²) in [7, 11) is -0.328. The summed E-state index contributed by atoms with van der Waals surface area (Å²) in [4.78, 5) is 36.6. The third kappa shape index (κ3) is 4.43. The molecule has 3 N–H and O–H groups in total. The van der Waals surface area contributed by atoms with Crippen LogP contribution in [0, 0.1) is 5.92 Å². The van der Waals surface area contributed by atoms with Crippen LogP contribution in [0.2, 0.25) is 0 Å². The number of nitrogens with zero attached hydrogens (tertiary/aromatic N) is 3. The molecule has 0 radical (unpaired) electrons. The van der Waals surface area contributed by atoms with Gasteiger partial charge in [0.25, 0.3) is 5.56 Å². The lowest BCUT2D eigenvalue weighted by atomic mass is 9.99.